The predicted molar refractivity (Wildman–Crippen MR) is 92.0 cm³/mol. The highest BCUT2D eigenvalue weighted by Gasteiger charge is 2.42. The van der Waals surface area contributed by atoms with E-state index in [9.17, 15) is 9.90 Å². The van der Waals surface area contributed by atoms with Gasteiger partial charge in [0.2, 0.25) is 0 Å². The fourth-order valence-corrected chi connectivity index (χ4v) is 4.11. The minimum absolute atomic E-state index is 0.129. The first kappa shape index (κ1) is 15.5. The highest BCUT2D eigenvalue weighted by atomic mass is 32.1. The molecule has 0 bridgehead atoms. The molecule has 3 aromatic heterocycles. The van der Waals surface area contributed by atoms with Gasteiger partial charge in [-0.25, -0.2) is 4.79 Å². The van der Waals surface area contributed by atoms with Crippen molar-refractivity contribution < 1.29 is 14.3 Å². The molecule has 5 nitrogen and oxygen atoms in total. The first-order valence-electron chi connectivity index (χ1n) is 7.81. The van der Waals surface area contributed by atoms with Gasteiger partial charge in [-0.1, -0.05) is 13.8 Å². The second kappa shape index (κ2) is 5.51. The van der Waals surface area contributed by atoms with Gasteiger partial charge in [0, 0.05) is 28.2 Å². The average molecular weight is 343 g/mol. The summed E-state index contributed by atoms with van der Waals surface area (Å²) in [7, 11) is 0. The van der Waals surface area contributed by atoms with E-state index in [1.54, 1.807) is 12.4 Å². The summed E-state index contributed by atoms with van der Waals surface area (Å²) in [5.74, 6) is 0.218. The number of hydrogen-bond acceptors (Lipinski definition) is 6. The first-order valence-corrected chi connectivity index (χ1v) is 8.63. The van der Waals surface area contributed by atoms with Crippen LogP contribution in [0.2, 0.25) is 0 Å². The molecule has 3 aromatic rings. The number of ether oxygens (including phenoxy) is 1. The molecule has 0 saturated heterocycles. The molecule has 1 aliphatic heterocycles. The van der Waals surface area contributed by atoms with E-state index in [0.29, 0.717) is 17.1 Å². The highest BCUT2D eigenvalue weighted by molar-refractivity contribution is 7.22. The van der Waals surface area contributed by atoms with Gasteiger partial charge in [0.1, 0.15) is 16.1 Å². The van der Waals surface area contributed by atoms with E-state index in [4.69, 9.17) is 9.15 Å². The lowest BCUT2D eigenvalue weighted by molar-refractivity contribution is -0.117. The fourth-order valence-electron chi connectivity index (χ4n) is 3.04. The maximum Gasteiger partial charge on any atom is 0.354 e. The van der Waals surface area contributed by atoms with Gasteiger partial charge >= 0.3 is 5.63 Å². The van der Waals surface area contributed by atoms with Crippen LogP contribution in [0.1, 0.15) is 25.2 Å². The molecular formula is C18H17NO4S. The van der Waals surface area contributed by atoms with Crippen LogP contribution in [0, 0.1) is 5.92 Å². The lowest BCUT2D eigenvalue weighted by atomic mass is 9.84. The van der Waals surface area contributed by atoms with Gasteiger partial charge in [-0.2, -0.15) is 0 Å². The summed E-state index contributed by atoms with van der Waals surface area (Å²) in [6.45, 7) is 4.24. The maximum atomic E-state index is 12.5. The Morgan fingerprint density at radius 1 is 1.33 bits per heavy atom. The van der Waals surface area contributed by atoms with Crippen LogP contribution in [0.4, 0.5) is 0 Å². The smallest absolute Gasteiger partial charge is 0.354 e. The number of nitrogens with zero attached hydrogens (tertiary/aromatic N) is 1. The lowest BCUT2D eigenvalue weighted by Crippen LogP contribution is -2.41. The normalized spacial score (nSPS) is 20.5. The van der Waals surface area contributed by atoms with E-state index in [2.05, 4.69) is 4.98 Å². The van der Waals surface area contributed by atoms with E-state index in [-0.39, 0.29) is 12.5 Å². The summed E-state index contributed by atoms with van der Waals surface area (Å²) in [6, 6.07) is 5.78. The van der Waals surface area contributed by atoms with Crippen LogP contribution in [0.5, 0.6) is 0 Å². The van der Waals surface area contributed by atoms with Crippen LogP contribution < -0.4 is 5.63 Å². The Labute approximate surface area is 142 Å². The molecule has 0 aromatic carbocycles. The number of rotatable bonds is 2. The van der Waals surface area contributed by atoms with Gasteiger partial charge in [0.05, 0.1) is 13.2 Å². The van der Waals surface area contributed by atoms with Crippen LogP contribution in [-0.2, 0) is 16.9 Å². The number of aromatic nitrogens is 1. The summed E-state index contributed by atoms with van der Waals surface area (Å²) in [6.07, 6.45) is 3.44. The number of pyridine rings is 1. The summed E-state index contributed by atoms with van der Waals surface area (Å²) in [4.78, 5) is 17.5. The molecule has 0 radical (unpaired) electrons. The fraction of sp³-hybridized carbons (Fsp3) is 0.333. The topological polar surface area (TPSA) is 72.6 Å². The molecule has 0 spiro atoms. The van der Waals surface area contributed by atoms with Gasteiger partial charge < -0.3 is 14.3 Å². The van der Waals surface area contributed by atoms with Gasteiger partial charge in [0.15, 0.2) is 0 Å². The van der Waals surface area contributed by atoms with Crippen LogP contribution in [0.25, 0.3) is 20.5 Å². The maximum absolute atomic E-state index is 12.5. The van der Waals surface area contributed by atoms with Crippen molar-refractivity contribution >= 4 is 21.4 Å². The molecule has 1 aliphatic rings. The molecule has 24 heavy (non-hydrogen) atoms. The molecule has 124 valence electrons. The monoisotopic (exact) mass is 343 g/mol. The Morgan fingerprint density at radius 3 is 2.79 bits per heavy atom. The van der Waals surface area contributed by atoms with E-state index in [1.165, 1.54) is 11.3 Å². The Bertz CT molecular complexity index is 960. The zero-order chi connectivity index (χ0) is 16.9. The molecule has 4 rings (SSSR count). The molecule has 0 aliphatic carbocycles. The average Bonchev–Trinajstić information content (AvgIpc) is 3.03. The highest BCUT2D eigenvalue weighted by Crippen LogP contribution is 2.41. The van der Waals surface area contributed by atoms with Crippen molar-refractivity contribution in [3.05, 3.63) is 52.3 Å². The Balaban J connectivity index is 1.99. The number of hydrogen-bond donors (Lipinski definition) is 1. The zero-order valence-electron chi connectivity index (χ0n) is 13.4. The molecule has 0 saturated carbocycles. The van der Waals surface area contributed by atoms with Crippen LogP contribution in [0.15, 0.2) is 39.8 Å². The predicted octanol–water partition coefficient (Wildman–Crippen LogP) is 3.29. The third kappa shape index (κ3) is 2.22. The first-order chi connectivity index (χ1) is 11.5. The van der Waals surface area contributed by atoms with Crippen LogP contribution in [-0.4, -0.2) is 16.7 Å². The van der Waals surface area contributed by atoms with Crippen LogP contribution in [0.3, 0.4) is 0 Å². The van der Waals surface area contributed by atoms with Crippen molar-refractivity contribution in [2.75, 3.05) is 6.61 Å². The van der Waals surface area contributed by atoms with Gasteiger partial charge in [0.25, 0.3) is 0 Å². The van der Waals surface area contributed by atoms with Crippen molar-refractivity contribution in [1.29, 1.82) is 0 Å². The second-order valence-corrected chi connectivity index (χ2v) is 7.41. The summed E-state index contributed by atoms with van der Waals surface area (Å²) in [5, 5.41) is 11.7. The molecule has 6 heteroatoms. The van der Waals surface area contributed by atoms with Gasteiger partial charge in [-0.05, 0) is 29.7 Å². The molecule has 4 heterocycles. The van der Waals surface area contributed by atoms with Crippen molar-refractivity contribution in [2.45, 2.75) is 26.1 Å². The number of aliphatic hydroxyl groups is 1. The standard InChI is InChI=1S/C18H17NO4S/c1-10(2)18(21)9-22-8-13-12-7-14(11-3-5-19-6-4-11)24-15(12)17(20)23-16(13)18/h3-7,10,21H,8-9H2,1-2H3. The Morgan fingerprint density at radius 2 is 2.08 bits per heavy atom. The van der Waals surface area contributed by atoms with E-state index in [0.717, 1.165) is 21.4 Å². The van der Waals surface area contributed by atoms with Crippen molar-refractivity contribution in [1.82, 2.24) is 4.98 Å². The van der Waals surface area contributed by atoms with E-state index < -0.39 is 11.2 Å². The molecule has 0 amide bonds. The largest absolute Gasteiger partial charge is 0.423 e. The minimum Gasteiger partial charge on any atom is -0.423 e. The van der Waals surface area contributed by atoms with E-state index in [1.807, 2.05) is 32.0 Å². The quantitative estimate of drug-likeness (QED) is 0.773. The Kier molecular flexibility index (Phi) is 3.56. The molecule has 1 unspecified atom stereocenters. The van der Waals surface area contributed by atoms with Crippen molar-refractivity contribution in [3.8, 4) is 10.4 Å². The number of thiophene rings is 1. The molecule has 0 fully saturated rings. The van der Waals surface area contributed by atoms with Crippen LogP contribution >= 0.6 is 11.3 Å². The number of fused-ring (bicyclic) bond motifs is 3. The van der Waals surface area contributed by atoms with Crippen molar-refractivity contribution in [2.24, 2.45) is 5.92 Å². The SMILES string of the molecule is CC(C)C1(O)COCc2c1oc(=O)c1sc(-c3ccncc3)cc21. The van der Waals surface area contributed by atoms with Crippen molar-refractivity contribution in [3.63, 3.8) is 0 Å². The van der Waals surface area contributed by atoms with Gasteiger partial charge in [-0.15, -0.1) is 11.3 Å². The van der Waals surface area contributed by atoms with Gasteiger partial charge in [-0.3, -0.25) is 4.98 Å². The third-order valence-electron chi connectivity index (χ3n) is 4.59. The van der Waals surface area contributed by atoms with E-state index >= 15 is 0 Å². The second-order valence-electron chi connectivity index (χ2n) is 6.36. The zero-order valence-corrected chi connectivity index (χ0v) is 14.2. The summed E-state index contributed by atoms with van der Waals surface area (Å²) >= 11 is 1.39. The third-order valence-corrected chi connectivity index (χ3v) is 5.76. The molecular weight excluding hydrogens is 326 g/mol. The molecule has 1 N–H and O–H groups in total. The summed E-state index contributed by atoms with van der Waals surface area (Å²) in [5.41, 5.74) is 0.0773. The minimum atomic E-state index is -1.28. The molecule has 1 atom stereocenters. The lowest BCUT2D eigenvalue weighted by Gasteiger charge is -2.35. The summed E-state index contributed by atoms with van der Waals surface area (Å²) < 4.78 is 11.7. The Hall–Kier alpha value is -2.02.